The zero-order valence-electron chi connectivity index (χ0n) is 10.2. The Morgan fingerprint density at radius 1 is 1.79 bits per heavy atom. The van der Waals surface area contributed by atoms with E-state index in [1.165, 1.54) is 22.7 Å². The number of aliphatic hydroxyl groups excluding tert-OH is 1. The van der Waals surface area contributed by atoms with Crippen molar-refractivity contribution in [3.05, 3.63) is 17.6 Å². The summed E-state index contributed by atoms with van der Waals surface area (Å²) in [5.74, 6) is -1.30. The number of hydrogen-bond acceptors (Lipinski definition) is 6. The maximum absolute atomic E-state index is 12.0. The molecule has 102 valence electrons. The van der Waals surface area contributed by atoms with E-state index in [2.05, 4.69) is 11.6 Å². The first-order valence-corrected chi connectivity index (χ1v) is 7.01. The molecule has 2 aliphatic rings. The average molecular weight is 299 g/mol. The third-order valence-electron chi connectivity index (χ3n) is 3.08. The smallest absolute Gasteiger partial charge is 0.335 e. The molecule has 7 heteroatoms. The van der Waals surface area contributed by atoms with E-state index in [0.29, 0.717) is 4.91 Å². The Kier molecular flexibility index (Phi) is 4.10. The first-order chi connectivity index (χ1) is 9.02. The second kappa shape index (κ2) is 5.46. The average Bonchev–Trinajstić information content (AvgIpc) is 2.69. The van der Waals surface area contributed by atoms with Gasteiger partial charge in [0.15, 0.2) is 6.04 Å². The van der Waals surface area contributed by atoms with Crippen molar-refractivity contribution >= 4 is 40.9 Å². The molecule has 0 spiro atoms. The molecule has 0 bridgehead atoms. The normalized spacial score (nSPS) is 30.2. The molecule has 0 aromatic rings. The number of esters is 1. The van der Waals surface area contributed by atoms with Crippen molar-refractivity contribution < 1.29 is 19.4 Å². The molecule has 3 unspecified atom stereocenters. The van der Waals surface area contributed by atoms with Gasteiger partial charge in [-0.05, 0) is 24.2 Å². The van der Waals surface area contributed by atoms with E-state index in [-0.39, 0.29) is 17.9 Å². The number of amides is 1. The molecule has 0 aromatic heterocycles. The van der Waals surface area contributed by atoms with Crippen LogP contribution in [0.2, 0.25) is 0 Å². The van der Waals surface area contributed by atoms with E-state index in [1.807, 2.05) is 0 Å². The van der Waals surface area contributed by atoms with Crippen molar-refractivity contribution in [2.75, 3.05) is 6.61 Å². The minimum atomic E-state index is -0.824. The topological polar surface area (TPSA) is 66.8 Å². The van der Waals surface area contributed by atoms with Gasteiger partial charge in [-0.1, -0.05) is 24.4 Å². The molecule has 2 aliphatic heterocycles. The van der Waals surface area contributed by atoms with Crippen molar-refractivity contribution in [2.45, 2.75) is 24.4 Å². The van der Waals surface area contributed by atoms with Crippen molar-refractivity contribution in [1.29, 1.82) is 0 Å². The largest absolute Gasteiger partial charge is 0.460 e. The number of β-lactam (4-membered cyclic amide) rings is 1. The molecule has 5 nitrogen and oxygen atoms in total. The van der Waals surface area contributed by atoms with E-state index >= 15 is 0 Å². The number of rotatable bonds is 4. The van der Waals surface area contributed by atoms with Crippen LogP contribution in [-0.2, 0) is 14.3 Å². The van der Waals surface area contributed by atoms with Gasteiger partial charge in [-0.3, -0.25) is 4.79 Å². The van der Waals surface area contributed by atoms with Crippen LogP contribution in [0.3, 0.4) is 0 Å². The van der Waals surface area contributed by atoms with Gasteiger partial charge in [-0.15, -0.1) is 0 Å². The lowest BCUT2D eigenvalue weighted by Gasteiger charge is -2.44. The van der Waals surface area contributed by atoms with Crippen LogP contribution in [0.1, 0.15) is 6.92 Å². The lowest BCUT2D eigenvalue weighted by atomic mass is 9.91. The van der Waals surface area contributed by atoms with E-state index in [9.17, 15) is 14.7 Å². The molecule has 1 N–H and O–H groups in total. The fraction of sp³-hybridized carbons (Fsp3) is 0.500. The van der Waals surface area contributed by atoms with Crippen molar-refractivity contribution in [3.63, 3.8) is 0 Å². The molecular formula is C12H13NO4S2. The molecular weight excluding hydrogens is 286 g/mol. The number of thiocarbonyl (C=S) groups is 1. The van der Waals surface area contributed by atoms with E-state index < -0.39 is 24.0 Å². The number of ether oxygens (including phenoxy) is 1. The highest BCUT2D eigenvalue weighted by atomic mass is 32.2. The molecule has 2 heterocycles. The summed E-state index contributed by atoms with van der Waals surface area (Å²) in [6.45, 7) is 5.10. The quantitative estimate of drug-likeness (QED) is 0.352. The lowest BCUT2D eigenvalue weighted by Crippen LogP contribution is -2.64. The predicted octanol–water partition coefficient (Wildman–Crippen LogP) is 0.479. The molecule has 0 radical (unpaired) electrons. The van der Waals surface area contributed by atoms with Gasteiger partial charge in [-0.2, -0.15) is 0 Å². The third-order valence-corrected chi connectivity index (χ3v) is 4.77. The highest BCUT2D eigenvalue weighted by Crippen LogP contribution is 2.50. The number of nitrogens with zero attached hydrogens (tertiary/aromatic N) is 1. The molecule has 19 heavy (non-hydrogen) atoms. The van der Waals surface area contributed by atoms with Crippen LogP contribution in [0.15, 0.2) is 17.6 Å². The molecule has 4 atom stereocenters. The zero-order chi connectivity index (χ0) is 14.2. The van der Waals surface area contributed by atoms with Crippen LogP contribution in [-0.4, -0.2) is 51.0 Å². The van der Waals surface area contributed by atoms with Crippen LogP contribution < -0.4 is 0 Å². The fourth-order valence-corrected chi connectivity index (χ4v) is 3.93. The molecule has 1 amide bonds. The summed E-state index contributed by atoms with van der Waals surface area (Å²) in [4.78, 5) is 25.8. The lowest BCUT2D eigenvalue weighted by molar-refractivity contribution is -0.167. The van der Waals surface area contributed by atoms with Crippen LogP contribution in [0.4, 0.5) is 0 Å². The van der Waals surface area contributed by atoms with Gasteiger partial charge in [0, 0.05) is 0 Å². The van der Waals surface area contributed by atoms with Gasteiger partial charge in [0.1, 0.15) is 6.61 Å². The number of aliphatic hydroxyl groups is 1. The Balaban J connectivity index is 2.20. The Labute approximate surface area is 120 Å². The van der Waals surface area contributed by atoms with Gasteiger partial charge in [0.05, 0.1) is 22.3 Å². The van der Waals surface area contributed by atoms with Gasteiger partial charge in [0.25, 0.3) is 0 Å². The zero-order valence-corrected chi connectivity index (χ0v) is 11.9. The molecule has 0 aliphatic carbocycles. The Bertz CT molecular complexity index is 484. The SMILES string of the molecule is C=CCOC(=O)C1C(=C=S)S[C@@H]2C(C(C)O)C(=O)N12. The van der Waals surface area contributed by atoms with Crippen molar-refractivity contribution in [3.8, 4) is 0 Å². The molecule has 2 rings (SSSR count). The van der Waals surface area contributed by atoms with Crippen LogP contribution in [0, 0.1) is 5.92 Å². The highest BCUT2D eigenvalue weighted by Gasteiger charge is 2.60. The van der Waals surface area contributed by atoms with Crippen molar-refractivity contribution in [1.82, 2.24) is 4.90 Å². The molecule has 0 saturated carbocycles. The first kappa shape index (κ1) is 14.3. The molecule has 2 saturated heterocycles. The standard InChI is InChI=1S/C12H13NO4S2/c1-3-4-17-12(16)9-7(5-18)19-11-8(6(2)14)10(15)13(9)11/h3,6,8-9,11,14H,1,4H2,2H3/t6?,8?,9?,11-/m1/s1. The second-order valence-electron chi connectivity index (χ2n) is 4.31. The number of fused-ring (bicyclic) bond motifs is 1. The van der Waals surface area contributed by atoms with Crippen LogP contribution in [0.25, 0.3) is 0 Å². The summed E-state index contributed by atoms with van der Waals surface area (Å²) < 4.78 is 4.97. The third kappa shape index (κ3) is 2.23. The highest BCUT2D eigenvalue weighted by molar-refractivity contribution is 8.05. The minimum Gasteiger partial charge on any atom is -0.460 e. The molecule has 0 aromatic carbocycles. The number of carbonyl (C=O) groups excluding carboxylic acids is 2. The number of thioether (sulfide) groups is 1. The van der Waals surface area contributed by atoms with Gasteiger partial charge >= 0.3 is 5.97 Å². The summed E-state index contributed by atoms with van der Waals surface area (Å²) >= 11 is 6.05. The van der Waals surface area contributed by atoms with E-state index in [1.54, 1.807) is 6.92 Å². The van der Waals surface area contributed by atoms with E-state index in [4.69, 9.17) is 17.0 Å². The Hall–Kier alpha value is -1.14. The van der Waals surface area contributed by atoms with Gasteiger partial charge in [0.2, 0.25) is 5.91 Å². The van der Waals surface area contributed by atoms with Gasteiger partial charge < -0.3 is 14.7 Å². The van der Waals surface area contributed by atoms with E-state index in [0.717, 1.165) is 0 Å². The second-order valence-corrected chi connectivity index (χ2v) is 5.67. The maximum Gasteiger partial charge on any atom is 0.335 e. The van der Waals surface area contributed by atoms with Gasteiger partial charge in [-0.25, -0.2) is 4.79 Å². The summed E-state index contributed by atoms with van der Waals surface area (Å²) in [5.41, 5.74) is 0. The monoisotopic (exact) mass is 299 g/mol. The summed E-state index contributed by atoms with van der Waals surface area (Å²) in [6, 6.07) is -0.824. The van der Waals surface area contributed by atoms with Crippen LogP contribution in [0.5, 0.6) is 0 Å². The minimum absolute atomic E-state index is 0.0806. The molecule has 2 fully saturated rings. The fourth-order valence-electron chi connectivity index (χ4n) is 2.20. The summed E-state index contributed by atoms with van der Waals surface area (Å²) in [7, 11) is 0. The predicted molar refractivity (Wildman–Crippen MR) is 74.5 cm³/mol. The first-order valence-electron chi connectivity index (χ1n) is 5.72. The summed E-state index contributed by atoms with van der Waals surface area (Å²) in [5, 5.41) is 11.8. The number of hydrogen-bond donors (Lipinski definition) is 1. The maximum atomic E-state index is 12.0. The Morgan fingerprint density at radius 3 is 3.00 bits per heavy atom. The Morgan fingerprint density at radius 2 is 2.47 bits per heavy atom. The number of carbonyl (C=O) groups is 2. The van der Waals surface area contributed by atoms with Crippen LogP contribution >= 0.6 is 24.0 Å². The van der Waals surface area contributed by atoms with Crippen molar-refractivity contribution in [2.24, 2.45) is 5.92 Å². The summed E-state index contributed by atoms with van der Waals surface area (Å²) in [6.07, 6.45) is 0.699.